The second-order valence-corrected chi connectivity index (χ2v) is 5.47. The van der Waals surface area contributed by atoms with E-state index in [2.05, 4.69) is 32.9 Å². The number of benzene rings is 1. The molecule has 0 radical (unpaired) electrons. The van der Waals surface area contributed by atoms with Crippen LogP contribution in [0.3, 0.4) is 0 Å². The number of hydrogen-bond acceptors (Lipinski definition) is 4. The molecule has 1 aromatic carbocycles. The number of nitrogens with zero attached hydrogens (tertiary/aromatic N) is 1. The van der Waals surface area contributed by atoms with Gasteiger partial charge in [-0.3, -0.25) is 14.9 Å². The number of nitrogens with one attached hydrogen (secondary N) is 1. The van der Waals surface area contributed by atoms with Crippen molar-refractivity contribution in [3.63, 3.8) is 0 Å². The summed E-state index contributed by atoms with van der Waals surface area (Å²) in [7, 11) is 0. The number of aromatic nitrogens is 1. The normalized spacial score (nSPS) is 10.1. The van der Waals surface area contributed by atoms with Gasteiger partial charge in [-0.15, -0.1) is 11.3 Å². The molecule has 0 aliphatic heterocycles. The lowest BCUT2D eigenvalue weighted by Crippen LogP contribution is -2.14. The highest BCUT2D eigenvalue weighted by Gasteiger charge is 2.10. The molecule has 0 aliphatic rings. The highest BCUT2D eigenvalue weighted by molar-refractivity contribution is 14.1. The fraction of sp³-hybridized carbons (Fsp3) is 0. The van der Waals surface area contributed by atoms with E-state index in [1.165, 1.54) is 5.38 Å². The lowest BCUT2D eigenvalue weighted by atomic mass is 10.2. The molecule has 2 aromatic rings. The first-order chi connectivity index (χ1) is 8.56. The summed E-state index contributed by atoms with van der Waals surface area (Å²) in [5.41, 5.74) is 5.76. The summed E-state index contributed by atoms with van der Waals surface area (Å²) in [5, 5.41) is 4.47. The Labute approximate surface area is 121 Å². The van der Waals surface area contributed by atoms with Gasteiger partial charge in [-0.1, -0.05) is 0 Å². The molecule has 2 rings (SSSR count). The molecule has 0 unspecified atom stereocenters. The second-order valence-electron chi connectivity index (χ2n) is 3.36. The number of carbonyl (C=O) groups is 2. The molecule has 0 saturated heterocycles. The third-order valence-corrected chi connectivity index (χ3v) is 3.56. The molecule has 0 bridgehead atoms. The van der Waals surface area contributed by atoms with Crippen LogP contribution < -0.4 is 11.1 Å². The highest BCUT2D eigenvalue weighted by Crippen LogP contribution is 2.16. The molecule has 18 heavy (non-hydrogen) atoms. The quantitative estimate of drug-likeness (QED) is 0.809. The molecule has 1 aromatic heterocycles. The first-order valence-electron chi connectivity index (χ1n) is 4.88. The van der Waals surface area contributed by atoms with Crippen LogP contribution in [0.2, 0.25) is 0 Å². The van der Waals surface area contributed by atoms with E-state index in [0.717, 1.165) is 14.9 Å². The maximum absolute atomic E-state index is 11.8. The molecule has 7 heteroatoms. The zero-order chi connectivity index (χ0) is 13.1. The maximum atomic E-state index is 11.8. The van der Waals surface area contributed by atoms with Crippen LogP contribution in [-0.4, -0.2) is 16.8 Å². The highest BCUT2D eigenvalue weighted by atomic mass is 127. The monoisotopic (exact) mass is 373 g/mol. The fourth-order valence-electron chi connectivity index (χ4n) is 1.21. The standard InChI is InChI=1S/C11H8IN3O2S/c12-7-3-1-6(2-4-7)10(17)15-11-14-8(5-18-11)9(13)16/h1-5H,(H2,13,16)(H,14,15,17). The van der Waals surface area contributed by atoms with Crippen molar-refractivity contribution in [1.29, 1.82) is 0 Å². The van der Waals surface area contributed by atoms with Crippen LogP contribution in [0.5, 0.6) is 0 Å². The third kappa shape index (κ3) is 3.05. The van der Waals surface area contributed by atoms with Crippen LogP contribution in [0.1, 0.15) is 20.8 Å². The van der Waals surface area contributed by atoms with E-state index in [1.807, 2.05) is 12.1 Å². The van der Waals surface area contributed by atoms with Crippen LogP contribution >= 0.6 is 33.9 Å². The molecule has 0 saturated carbocycles. The molecule has 2 amide bonds. The average Bonchev–Trinajstić information content (AvgIpc) is 2.78. The minimum Gasteiger partial charge on any atom is -0.364 e. The number of thiazole rings is 1. The predicted molar refractivity (Wildman–Crippen MR) is 77.7 cm³/mol. The average molecular weight is 373 g/mol. The van der Waals surface area contributed by atoms with Crippen LogP contribution in [-0.2, 0) is 0 Å². The van der Waals surface area contributed by atoms with Crippen molar-refractivity contribution in [3.8, 4) is 0 Å². The number of amides is 2. The van der Waals surface area contributed by atoms with Crippen molar-refractivity contribution in [2.75, 3.05) is 5.32 Å². The molecular weight excluding hydrogens is 365 g/mol. The Morgan fingerprint density at radius 2 is 1.94 bits per heavy atom. The number of hydrogen-bond donors (Lipinski definition) is 2. The summed E-state index contributed by atoms with van der Waals surface area (Å²) in [6.45, 7) is 0. The molecule has 3 N–H and O–H groups in total. The van der Waals surface area contributed by atoms with Crippen molar-refractivity contribution in [2.45, 2.75) is 0 Å². The van der Waals surface area contributed by atoms with E-state index < -0.39 is 5.91 Å². The van der Waals surface area contributed by atoms with E-state index in [-0.39, 0.29) is 11.6 Å². The molecule has 0 fully saturated rings. The van der Waals surface area contributed by atoms with Gasteiger partial charge >= 0.3 is 0 Å². The van der Waals surface area contributed by atoms with Crippen LogP contribution in [0, 0.1) is 3.57 Å². The molecule has 92 valence electrons. The van der Waals surface area contributed by atoms with Gasteiger partial charge in [0, 0.05) is 14.5 Å². The minimum atomic E-state index is -0.610. The van der Waals surface area contributed by atoms with Gasteiger partial charge in [0.1, 0.15) is 5.69 Å². The van der Waals surface area contributed by atoms with Crippen molar-refractivity contribution < 1.29 is 9.59 Å². The number of anilines is 1. The zero-order valence-electron chi connectivity index (χ0n) is 9.01. The van der Waals surface area contributed by atoms with Gasteiger partial charge in [-0.2, -0.15) is 0 Å². The Bertz CT molecular complexity index is 595. The van der Waals surface area contributed by atoms with Gasteiger partial charge in [-0.05, 0) is 46.9 Å². The molecule has 1 heterocycles. The summed E-state index contributed by atoms with van der Waals surface area (Å²) < 4.78 is 1.05. The van der Waals surface area contributed by atoms with Gasteiger partial charge in [0.25, 0.3) is 11.8 Å². The van der Waals surface area contributed by atoms with Crippen molar-refractivity contribution >= 4 is 50.9 Å². The first-order valence-corrected chi connectivity index (χ1v) is 6.84. The first kappa shape index (κ1) is 13.0. The summed E-state index contributed by atoms with van der Waals surface area (Å²) in [4.78, 5) is 26.6. The van der Waals surface area contributed by atoms with E-state index in [9.17, 15) is 9.59 Å². The minimum absolute atomic E-state index is 0.151. The Kier molecular flexibility index (Phi) is 3.92. The van der Waals surface area contributed by atoms with Gasteiger partial charge < -0.3 is 5.73 Å². The van der Waals surface area contributed by atoms with Crippen molar-refractivity contribution in [1.82, 2.24) is 4.98 Å². The molecule has 5 nitrogen and oxygen atoms in total. The topological polar surface area (TPSA) is 85.1 Å². The van der Waals surface area contributed by atoms with E-state index in [4.69, 9.17) is 5.73 Å². The summed E-state index contributed by atoms with van der Waals surface area (Å²) in [6, 6.07) is 7.12. The molecule has 0 atom stereocenters. The van der Waals surface area contributed by atoms with Gasteiger partial charge in [0.15, 0.2) is 5.13 Å². The smallest absolute Gasteiger partial charge is 0.268 e. The van der Waals surface area contributed by atoms with Crippen molar-refractivity contribution in [3.05, 3.63) is 44.5 Å². The molecule has 0 spiro atoms. The van der Waals surface area contributed by atoms with Gasteiger partial charge in [0.2, 0.25) is 0 Å². The summed E-state index contributed by atoms with van der Waals surface area (Å²) in [6.07, 6.45) is 0. The third-order valence-electron chi connectivity index (χ3n) is 2.08. The summed E-state index contributed by atoms with van der Waals surface area (Å²) >= 11 is 3.32. The van der Waals surface area contributed by atoms with E-state index in [0.29, 0.717) is 10.7 Å². The number of carbonyl (C=O) groups excluding carboxylic acids is 2. The fourth-order valence-corrected chi connectivity index (χ4v) is 2.27. The number of nitrogens with two attached hydrogens (primary N) is 1. The van der Waals surface area contributed by atoms with Crippen LogP contribution in [0.4, 0.5) is 5.13 Å². The largest absolute Gasteiger partial charge is 0.364 e. The summed E-state index contributed by atoms with van der Waals surface area (Å²) in [5.74, 6) is -0.877. The van der Waals surface area contributed by atoms with Gasteiger partial charge in [-0.25, -0.2) is 4.98 Å². The van der Waals surface area contributed by atoms with E-state index >= 15 is 0 Å². The zero-order valence-corrected chi connectivity index (χ0v) is 12.0. The molecular formula is C11H8IN3O2S. The Balaban J connectivity index is 2.11. The lowest BCUT2D eigenvalue weighted by Gasteiger charge is -2.01. The Morgan fingerprint density at radius 1 is 1.28 bits per heavy atom. The van der Waals surface area contributed by atoms with Crippen LogP contribution in [0.25, 0.3) is 0 Å². The molecule has 0 aliphatic carbocycles. The number of rotatable bonds is 3. The van der Waals surface area contributed by atoms with E-state index in [1.54, 1.807) is 12.1 Å². The number of halogens is 1. The second kappa shape index (κ2) is 5.44. The predicted octanol–water partition coefficient (Wildman–Crippen LogP) is 2.10. The number of primary amides is 1. The van der Waals surface area contributed by atoms with Crippen molar-refractivity contribution in [2.24, 2.45) is 5.73 Å². The lowest BCUT2D eigenvalue weighted by molar-refractivity contribution is 0.0992. The SMILES string of the molecule is NC(=O)c1csc(NC(=O)c2ccc(I)cc2)n1. The van der Waals surface area contributed by atoms with Gasteiger partial charge in [0.05, 0.1) is 0 Å². The Morgan fingerprint density at radius 3 is 2.50 bits per heavy atom. The maximum Gasteiger partial charge on any atom is 0.268 e. The Hall–Kier alpha value is -1.48. The van der Waals surface area contributed by atoms with Crippen LogP contribution in [0.15, 0.2) is 29.6 Å².